The van der Waals surface area contributed by atoms with Crippen LogP contribution in [0.5, 0.6) is 5.75 Å². The van der Waals surface area contributed by atoms with Crippen molar-refractivity contribution in [2.24, 2.45) is 29.4 Å². The summed E-state index contributed by atoms with van der Waals surface area (Å²) in [6, 6.07) is 6.75. The van der Waals surface area contributed by atoms with E-state index in [1.54, 1.807) is 6.92 Å². The summed E-state index contributed by atoms with van der Waals surface area (Å²) in [4.78, 5) is 67.9. The molecule has 2 aromatic carbocycles. The third kappa shape index (κ3) is 3.46. The first-order valence-electron chi connectivity index (χ1n) is 12.4. The Kier molecular flexibility index (Phi) is 6.09. The van der Waals surface area contributed by atoms with Crippen molar-refractivity contribution in [3.63, 3.8) is 0 Å². The fraction of sp³-hybridized carbons (Fsp3) is 0.393. The highest BCUT2D eigenvalue weighted by atomic mass is 19.1. The molecule has 39 heavy (non-hydrogen) atoms. The van der Waals surface area contributed by atoms with Crippen molar-refractivity contribution >= 4 is 29.0 Å². The molecule has 0 heterocycles. The minimum absolute atomic E-state index is 0.219. The molecule has 5 N–H and O–H groups in total. The third-order valence-corrected chi connectivity index (χ3v) is 8.62. The predicted octanol–water partition coefficient (Wildman–Crippen LogP) is 0.205. The average molecular weight is 539 g/mol. The maximum absolute atomic E-state index is 14.0. The van der Waals surface area contributed by atoms with Gasteiger partial charge in [0.15, 0.2) is 34.7 Å². The highest BCUT2D eigenvalue weighted by molar-refractivity contribution is 6.32. The molecule has 5 rings (SSSR count). The van der Waals surface area contributed by atoms with E-state index in [2.05, 4.69) is 0 Å². The lowest BCUT2D eigenvalue weighted by Crippen LogP contribution is -2.77. The van der Waals surface area contributed by atoms with Gasteiger partial charge >= 0.3 is 0 Å². The molecule has 10 nitrogen and oxygen atoms in total. The molecule has 8 atom stereocenters. The number of hydrogen-bond acceptors (Lipinski definition) is 9. The number of phenols is 1. The minimum atomic E-state index is -3.06. The number of fused-ring (bicyclic) bond motifs is 3. The number of benzene rings is 2. The first-order chi connectivity index (χ1) is 18.2. The molecule has 0 bridgehead atoms. The molecular formula is C28H27FN2O8. The topological polar surface area (TPSA) is 175 Å². The summed E-state index contributed by atoms with van der Waals surface area (Å²) in [6.07, 6.45) is -1.73. The van der Waals surface area contributed by atoms with E-state index in [1.807, 2.05) is 0 Å². The normalized spacial score (nSPS) is 34.0. The molecule has 0 aliphatic heterocycles. The van der Waals surface area contributed by atoms with Crippen molar-refractivity contribution in [1.29, 1.82) is 0 Å². The summed E-state index contributed by atoms with van der Waals surface area (Å²) < 4.78 is 13.6. The number of hydrogen-bond donors (Lipinski definition) is 4. The number of Topliss-reactive ketones (excluding diaryl/α,β-unsaturated/α-hetero) is 4. The van der Waals surface area contributed by atoms with Gasteiger partial charge in [-0.15, -0.1) is 0 Å². The number of ketones is 4. The molecule has 204 valence electrons. The Labute approximate surface area is 222 Å². The van der Waals surface area contributed by atoms with Gasteiger partial charge in [-0.1, -0.05) is 25.1 Å². The lowest BCUT2D eigenvalue weighted by Gasteiger charge is -2.56. The summed E-state index contributed by atoms with van der Waals surface area (Å²) >= 11 is 0. The zero-order valence-corrected chi connectivity index (χ0v) is 21.3. The predicted molar refractivity (Wildman–Crippen MR) is 133 cm³/mol. The maximum Gasteiger partial charge on any atom is 0.235 e. The Bertz CT molecular complexity index is 1450. The van der Waals surface area contributed by atoms with Crippen LogP contribution in [-0.2, 0) is 19.2 Å². The Balaban J connectivity index is 1.74. The quantitative estimate of drug-likeness (QED) is 0.398. The van der Waals surface area contributed by atoms with Gasteiger partial charge < -0.3 is 21.1 Å². The van der Waals surface area contributed by atoms with Crippen LogP contribution < -0.4 is 5.73 Å². The van der Waals surface area contributed by atoms with Crippen LogP contribution in [0.3, 0.4) is 0 Å². The van der Waals surface area contributed by atoms with Gasteiger partial charge in [0.1, 0.15) is 11.6 Å². The number of halogens is 1. The lowest BCUT2D eigenvalue weighted by atomic mass is 9.49. The Morgan fingerprint density at radius 2 is 1.64 bits per heavy atom. The highest BCUT2D eigenvalue weighted by Gasteiger charge is 2.73. The Morgan fingerprint density at radius 1 is 1.03 bits per heavy atom. The van der Waals surface area contributed by atoms with Gasteiger partial charge in [0.05, 0.1) is 29.5 Å². The largest absolute Gasteiger partial charge is 0.507 e. The van der Waals surface area contributed by atoms with Crippen molar-refractivity contribution in [2.75, 3.05) is 14.1 Å². The SMILES string of the molecule is C[C@@H]1c2c(-c3ccc(F)cc3)ccc(O)c2C(=O)C2C(=O)[C@@]3(O)C(=O)C(C(N)=O)C(=O)[C@H](N(C)C)[C@H]3[C@H](O)[C@H]21. The summed E-state index contributed by atoms with van der Waals surface area (Å²) in [5.74, 6) is -14.5. The second-order valence-corrected chi connectivity index (χ2v) is 10.8. The van der Waals surface area contributed by atoms with Crippen molar-refractivity contribution in [1.82, 2.24) is 4.90 Å². The van der Waals surface area contributed by atoms with E-state index in [0.717, 1.165) is 0 Å². The van der Waals surface area contributed by atoms with Crippen LogP contribution >= 0.6 is 0 Å². The van der Waals surface area contributed by atoms with Crippen LogP contribution in [0.4, 0.5) is 4.39 Å². The molecule has 11 heteroatoms. The van der Waals surface area contributed by atoms with Gasteiger partial charge in [-0.3, -0.25) is 28.9 Å². The third-order valence-electron chi connectivity index (χ3n) is 8.62. The molecule has 2 aromatic rings. The van der Waals surface area contributed by atoms with Gasteiger partial charge in [0.25, 0.3) is 0 Å². The lowest BCUT2D eigenvalue weighted by molar-refractivity contribution is -0.196. The van der Waals surface area contributed by atoms with Crippen LogP contribution in [0.15, 0.2) is 36.4 Å². The number of carbonyl (C=O) groups is 5. The molecule has 2 fully saturated rings. The van der Waals surface area contributed by atoms with Crippen molar-refractivity contribution < 1.29 is 43.7 Å². The number of phenolic OH excluding ortho intramolecular Hbond substituents is 1. The van der Waals surface area contributed by atoms with E-state index >= 15 is 0 Å². The number of aliphatic hydroxyl groups excluding tert-OH is 1. The van der Waals surface area contributed by atoms with Crippen LogP contribution in [0.25, 0.3) is 11.1 Å². The van der Waals surface area contributed by atoms with Crippen LogP contribution in [0.2, 0.25) is 0 Å². The standard InChI is InChI=1S/C28H27FN2O8/c1-10-15-13(11-4-6-12(29)7-5-11)8-9-14(32)17(15)22(33)18-16(10)23(34)20-21(31(2)3)24(35)19(27(30)38)26(37)28(20,39)25(18)36/h4-10,16,18-21,23,32,34,39H,1-3H3,(H2,30,38)/t10-,16+,18?,19?,20+,21-,23-,28-/m1/s1. The Morgan fingerprint density at radius 3 is 2.21 bits per heavy atom. The smallest absolute Gasteiger partial charge is 0.235 e. The van der Waals surface area contributed by atoms with E-state index in [0.29, 0.717) is 16.7 Å². The summed E-state index contributed by atoms with van der Waals surface area (Å²) in [5, 5.41) is 34.1. The molecule has 2 unspecified atom stereocenters. The molecule has 3 aliphatic rings. The molecular weight excluding hydrogens is 511 g/mol. The number of aliphatic hydroxyl groups is 2. The molecule has 1 amide bonds. The average Bonchev–Trinajstić information content (AvgIpc) is 2.86. The second kappa shape index (κ2) is 8.87. The van der Waals surface area contributed by atoms with Crippen molar-refractivity contribution in [3.8, 4) is 16.9 Å². The number of nitrogens with zero attached hydrogens (tertiary/aromatic N) is 1. The minimum Gasteiger partial charge on any atom is -0.507 e. The van der Waals surface area contributed by atoms with E-state index in [4.69, 9.17) is 5.73 Å². The molecule has 0 aromatic heterocycles. The zero-order chi connectivity index (χ0) is 28.7. The molecule has 0 spiro atoms. The van der Waals surface area contributed by atoms with Crippen LogP contribution in [-0.4, -0.2) is 81.1 Å². The first-order valence-corrected chi connectivity index (χ1v) is 12.4. The number of amides is 1. The maximum atomic E-state index is 14.0. The van der Waals surface area contributed by atoms with Crippen molar-refractivity contribution in [3.05, 3.63) is 53.3 Å². The van der Waals surface area contributed by atoms with Gasteiger partial charge in [-0.25, -0.2) is 4.39 Å². The van der Waals surface area contributed by atoms with E-state index in [9.17, 15) is 43.7 Å². The molecule has 2 saturated carbocycles. The van der Waals surface area contributed by atoms with E-state index in [-0.39, 0.29) is 5.56 Å². The number of carbonyl (C=O) groups excluding carboxylic acids is 5. The van der Waals surface area contributed by atoms with Crippen LogP contribution in [0.1, 0.15) is 28.8 Å². The monoisotopic (exact) mass is 538 g/mol. The number of rotatable bonds is 3. The summed E-state index contributed by atoms with van der Waals surface area (Å²) in [5.41, 5.74) is 3.30. The molecule has 0 radical (unpaired) electrons. The Hall–Kier alpha value is -3.80. The van der Waals surface area contributed by atoms with E-state index < -0.39 is 87.9 Å². The number of nitrogens with two attached hydrogens (primary N) is 1. The summed E-state index contributed by atoms with van der Waals surface area (Å²) in [7, 11) is 2.85. The number of aromatic hydroxyl groups is 1. The number of likely N-dealkylation sites (N-methyl/N-ethyl adjacent to an activating group) is 1. The van der Waals surface area contributed by atoms with Gasteiger partial charge in [0.2, 0.25) is 5.91 Å². The highest BCUT2D eigenvalue weighted by Crippen LogP contribution is 2.55. The van der Waals surface area contributed by atoms with Crippen molar-refractivity contribution in [2.45, 2.75) is 30.6 Å². The van der Waals surface area contributed by atoms with Gasteiger partial charge in [-0.2, -0.15) is 0 Å². The summed E-state index contributed by atoms with van der Waals surface area (Å²) in [6.45, 7) is 1.62. The fourth-order valence-electron chi connectivity index (χ4n) is 6.95. The fourth-order valence-corrected chi connectivity index (χ4v) is 6.95. The van der Waals surface area contributed by atoms with Crippen LogP contribution in [0, 0.1) is 29.5 Å². The molecule has 3 aliphatic carbocycles. The second-order valence-electron chi connectivity index (χ2n) is 10.8. The number of primary amides is 1. The van der Waals surface area contributed by atoms with Gasteiger partial charge in [-0.05, 0) is 54.9 Å². The molecule has 0 saturated heterocycles. The van der Waals surface area contributed by atoms with E-state index in [1.165, 1.54) is 55.4 Å². The van der Waals surface area contributed by atoms with Gasteiger partial charge in [0, 0.05) is 5.92 Å². The zero-order valence-electron chi connectivity index (χ0n) is 21.3. The first kappa shape index (κ1) is 26.8.